The SMILES string of the molecule is N#C/C(=C/c1ccc(-c2ccccc2[N+](=O)[O-])o1)c1ccc(C(=O)[O-])cc1. The van der Waals surface area contributed by atoms with Gasteiger partial charge in [-0.25, -0.2) is 0 Å². The Hall–Kier alpha value is -4.18. The summed E-state index contributed by atoms with van der Waals surface area (Å²) in [5.41, 5.74) is 1.02. The number of carbonyl (C=O) groups excluding carboxylic acids is 1. The Bertz CT molecular complexity index is 1090. The lowest BCUT2D eigenvalue weighted by molar-refractivity contribution is -0.384. The molecule has 0 fully saturated rings. The summed E-state index contributed by atoms with van der Waals surface area (Å²) in [6.45, 7) is 0. The molecule has 7 nitrogen and oxygen atoms in total. The summed E-state index contributed by atoms with van der Waals surface area (Å²) in [7, 11) is 0. The average molecular weight is 359 g/mol. The lowest BCUT2D eigenvalue weighted by Crippen LogP contribution is -2.21. The van der Waals surface area contributed by atoms with Crippen molar-refractivity contribution in [1.82, 2.24) is 0 Å². The van der Waals surface area contributed by atoms with Gasteiger partial charge in [-0.2, -0.15) is 5.26 Å². The summed E-state index contributed by atoms with van der Waals surface area (Å²) in [5, 5.41) is 31.3. The minimum Gasteiger partial charge on any atom is -0.545 e. The molecule has 3 aromatic rings. The molecule has 3 rings (SSSR count). The van der Waals surface area contributed by atoms with Crippen LogP contribution in [0.25, 0.3) is 23.0 Å². The number of nitro groups is 1. The van der Waals surface area contributed by atoms with Crippen molar-refractivity contribution in [3.8, 4) is 17.4 Å². The van der Waals surface area contributed by atoms with Crippen LogP contribution in [-0.2, 0) is 0 Å². The topological polar surface area (TPSA) is 120 Å². The Labute approximate surface area is 153 Å². The summed E-state index contributed by atoms with van der Waals surface area (Å²) >= 11 is 0. The zero-order valence-electron chi connectivity index (χ0n) is 13.8. The molecule has 0 saturated heterocycles. The van der Waals surface area contributed by atoms with E-state index >= 15 is 0 Å². The number of furan rings is 1. The molecule has 0 aliphatic rings. The van der Waals surface area contributed by atoms with Crippen LogP contribution in [0.5, 0.6) is 0 Å². The second-order valence-electron chi connectivity index (χ2n) is 5.51. The molecule has 0 amide bonds. The molecule has 7 heteroatoms. The van der Waals surface area contributed by atoms with E-state index in [4.69, 9.17) is 4.42 Å². The second-order valence-corrected chi connectivity index (χ2v) is 5.51. The zero-order chi connectivity index (χ0) is 19.4. The summed E-state index contributed by atoms with van der Waals surface area (Å²) < 4.78 is 5.64. The number of para-hydroxylation sites is 1. The molecule has 0 N–H and O–H groups in total. The third-order valence-electron chi connectivity index (χ3n) is 3.83. The van der Waals surface area contributed by atoms with Crippen LogP contribution < -0.4 is 5.11 Å². The van der Waals surface area contributed by atoms with Crippen LogP contribution in [0.15, 0.2) is 65.1 Å². The van der Waals surface area contributed by atoms with E-state index in [1.54, 1.807) is 30.3 Å². The first-order valence-corrected chi connectivity index (χ1v) is 7.77. The van der Waals surface area contributed by atoms with E-state index in [1.165, 1.54) is 36.4 Å². The van der Waals surface area contributed by atoms with E-state index in [1.807, 2.05) is 6.07 Å². The van der Waals surface area contributed by atoms with Crippen molar-refractivity contribution < 1.29 is 19.2 Å². The molecule has 0 atom stereocenters. The fourth-order valence-electron chi connectivity index (χ4n) is 2.52. The summed E-state index contributed by atoms with van der Waals surface area (Å²) in [4.78, 5) is 21.5. The summed E-state index contributed by atoms with van der Waals surface area (Å²) in [5.74, 6) is -0.661. The Morgan fingerprint density at radius 3 is 2.33 bits per heavy atom. The van der Waals surface area contributed by atoms with E-state index in [0.717, 1.165) is 0 Å². The van der Waals surface area contributed by atoms with Gasteiger partial charge in [0.2, 0.25) is 0 Å². The van der Waals surface area contributed by atoms with Crippen LogP contribution >= 0.6 is 0 Å². The minimum absolute atomic E-state index is 0.00714. The van der Waals surface area contributed by atoms with Crippen molar-refractivity contribution in [3.63, 3.8) is 0 Å². The minimum atomic E-state index is -1.30. The molecule has 1 aromatic heterocycles. The molecular formula is C20H11N2O5-. The lowest BCUT2D eigenvalue weighted by Gasteiger charge is -2.03. The molecule has 0 aliphatic carbocycles. The molecule has 0 radical (unpaired) electrons. The number of nitro benzene ring substituents is 1. The van der Waals surface area contributed by atoms with E-state index in [9.17, 15) is 25.3 Å². The summed E-state index contributed by atoms with van der Waals surface area (Å²) in [6, 6.07) is 17.1. The lowest BCUT2D eigenvalue weighted by atomic mass is 10.0. The van der Waals surface area contributed by atoms with Crippen molar-refractivity contribution in [3.05, 3.63) is 87.7 Å². The normalized spacial score (nSPS) is 11.0. The van der Waals surface area contributed by atoms with Crippen molar-refractivity contribution in [1.29, 1.82) is 5.26 Å². The number of aromatic carboxylic acids is 1. The van der Waals surface area contributed by atoms with E-state index in [0.29, 0.717) is 22.6 Å². The van der Waals surface area contributed by atoms with Crippen molar-refractivity contribution >= 4 is 23.3 Å². The largest absolute Gasteiger partial charge is 0.545 e. The molecule has 0 spiro atoms. The third-order valence-corrected chi connectivity index (χ3v) is 3.83. The molecule has 0 bridgehead atoms. The number of hydrogen-bond acceptors (Lipinski definition) is 6. The number of carboxylic acid groups (broad SMARTS) is 1. The van der Waals surface area contributed by atoms with E-state index in [-0.39, 0.29) is 16.8 Å². The monoisotopic (exact) mass is 359 g/mol. The maximum Gasteiger partial charge on any atom is 0.280 e. The van der Waals surface area contributed by atoms with Crippen LogP contribution in [0.2, 0.25) is 0 Å². The number of hydrogen-bond donors (Lipinski definition) is 0. The van der Waals surface area contributed by atoms with Gasteiger partial charge >= 0.3 is 0 Å². The number of carbonyl (C=O) groups is 1. The first-order valence-electron chi connectivity index (χ1n) is 7.77. The van der Waals surface area contributed by atoms with Gasteiger partial charge in [0, 0.05) is 6.07 Å². The van der Waals surface area contributed by atoms with Gasteiger partial charge < -0.3 is 14.3 Å². The van der Waals surface area contributed by atoms with Gasteiger partial charge in [-0.05, 0) is 35.4 Å². The first-order chi connectivity index (χ1) is 13.0. The van der Waals surface area contributed by atoms with Gasteiger partial charge in [0.05, 0.1) is 28.1 Å². The quantitative estimate of drug-likeness (QED) is 0.391. The molecule has 0 saturated carbocycles. The van der Waals surface area contributed by atoms with E-state index in [2.05, 4.69) is 0 Å². The van der Waals surface area contributed by atoms with Crippen LogP contribution in [-0.4, -0.2) is 10.9 Å². The Balaban J connectivity index is 1.95. The van der Waals surface area contributed by atoms with Gasteiger partial charge in [-0.1, -0.05) is 36.4 Å². The van der Waals surface area contributed by atoms with Gasteiger partial charge in [-0.3, -0.25) is 10.1 Å². The van der Waals surface area contributed by atoms with Crippen molar-refractivity contribution in [2.45, 2.75) is 0 Å². The highest BCUT2D eigenvalue weighted by molar-refractivity contribution is 5.91. The van der Waals surface area contributed by atoms with Gasteiger partial charge in [-0.15, -0.1) is 0 Å². The maximum absolute atomic E-state index is 11.1. The number of benzene rings is 2. The van der Waals surface area contributed by atoms with Crippen molar-refractivity contribution in [2.24, 2.45) is 0 Å². The molecular weight excluding hydrogens is 348 g/mol. The van der Waals surface area contributed by atoms with Crippen LogP contribution in [0.1, 0.15) is 21.7 Å². The highest BCUT2D eigenvalue weighted by Gasteiger charge is 2.17. The highest BCUT2D eigenvalue weighted by atomic mass is 16.6. The Kier molecular flexibility index (Phi) is 4.82. The summed E-state index contributed by atoms with van der Waals surface area (Å²) in [6.07, 6.45) is 1.48. The van der Waals surface area contributed by atoms with Crippen LogP contribution in [0.4, 0.5) is 5.69 Å². The predicted molar refractivity (Wildman–Crippen MR) is 95.1 cm³/mol. The van der Waals surface area contributed by atoms with E-state index < -0.39 is 10.9 Å². The number of allylic oxidation sites excluding steroid dienone is 1. The number of carboxylic acids is 1. The van der Waals surface area contributed by atoms with Gasteiger partial charge in [0.25, 0.3) is 5.69 Å². The number of rotatable bonds is 5. The second kappa shape index (κ2) is 7.37. The Morgan fingerprint density at radius 1 is 1.04 bits per heavy atom. The fraction of sp³-hybridized carbons (Fsp3) is 0. The number of nitrogens with zero attached hydrogens (tertiary/aromatic N) is 2. The molecule has 2 aromatic carbocycles. The first kappa shape index (κ1) is 17.6. The van der Waals surface area contributed by atoms with Gasteiger partial charge in [0.1, 0.15) is 11.5 Å². The van der Waals surface area contributed by atoms with Crippen LogP contribution in [0.3, 0.4) is 0 Å². The molecule has 0 unspecified atom stereocenters. The van der Waals surface area contributed by atoms with Gasteiger partial charge in [0.15, 0.2) is 0 Å². The maximum atomic E-state index is 11.1. The number of nitriles is 1. The third kappa shape index (κ3) is 3.75. The van der Waals surface area contributed by atoms with Crippen LogP contribution in [0, 0.1) is 21.4 Å². The molecule has 132 valence electrons. The smallest absolute Gasteiger partial charge is 0.280 e. The molecule has 27 heavy (non-hydrogen) atoms. The van der Waals surface area contributed by atoms with Crippen molar-refractivity contribution in [2.75, 3.05) is 0 Å². The fourth-order valence-corrected chi connectivity index (χ4v) is 2.52. The standard InChI is InChI=1S/C20H12N2O5/c21-12-15(13-5-7-14(8-6-13)20(23)24)11-16-9-10-19(27-16)17-3-1-2-4-18(17)22(25)26/h1-11H,(H,23,24)/p-1/b15-11-. The highest BCUT2D eigenvalue weighted by Crippen LogP contribution is 2.31. The molecule has 0 aliphatic heterocycles. The zero-order valence-corrected chi connectivity index (χ0v) is 13.8. The average Bonchev–Trinajstić information content (AvgIpc) is 3.14. The Morgan fingerprint density at radius 2 is 1.70 bits per heavy atom. The predicted octanol–water partition coefficient (Wildman–Crippen LogP) is 3.28. The molecule has 1 heterocycles.